The number of aryl methyl sites for hydroxylation is 2. The second kappa shape index (κ2) is 7.65. The zero-order valence-electron chi connectivity index (χ0n) is 11.4. The van der Waals surface area contributed by atoms with E-state index in [-0.39, 0.29) is 5.91 Å². The number of rotatable bonds is 6. The Labute approximate surface area is 123 Å². The van der Waals surface area contributed by atoms with Crippen molar-refractivity contribution in [1.29, 1.82) is 0 Å². The van der Waals surface area contributed by atoms with Crippen LogP contribution in [0.2, 0.25) is 0 Å². The van der Waals surface area contributed by atoms with Gasteiger partial charge in [-0.05, 0) is 48.9 Å². The van der Waals surface area contributed by atoms with Gasteiger partial charge in [0.15, 0.2) is 0 Å². The highest BCUT2D eigenvalue weighted by atomic mass is 32.2. The summed E-state index contributed by atoms with van der Waals surface area (Å²) in [5.74, 6) is 1.96. The van der Waals surface area contributed by atoms with E-state index in [0.717, 1.165) is 17.9 Å². The molecule has 0 unspecified atom stereocenters. The largest absolute Gasteiger partial charge is 0.310 e. The van der Waals surface area contributed by atoms with Crippen molar-refractivity contribution in [1.82, 2.24) is 9.97 Å². The smallest absolute Gasteiger partial charge is 0.235 e. The quantitative estimate of drug-likeness (QED) is 0.830. The lowest BCUT2D eigenvalue weighted by molar-refractivity contribution is -0.113. The van der Waals surface area contributed by atoms with Crippen molar-refractivity contribution in [3.8, 4) is 0 Å². The molecule has 2 heterocycles. The summed E-state index contributed by atoms with van der Waals surface area (Å²) in [5.41, 5.74) is 2.14. The zero-order chi connectivity index (χ0) is 14.2. The summed E-state index contributed by atoms with van der Waals surface area (Å²) in [4.78, 5) is 20.0. The molecule has 0 saturated heterocycles. The van der Waals surface area contributed by atoms with E-state index in [2.05, 4.69) is 15.3 Å². The molecule has 4 nitrogen and oxygen atoms in total. The van der Waals surface area contributed by atoms with Gasteiger partial charge in [-0.1, -0.05) is 6.07 Å². The van der Waals surface area contributed by atoms with Crippen LogP contribution in [-0.2, 0) is 11.2 Å². The first-order valence-electron chi connectivity index (χ1n) is 6.44. The van der Waals surface area contributed by atoms with Gasteiger partial charge in [-0.25, -0.2) is 4.98 Å². The van der Waals surface area contributed by atoms with Crippen LogP contribution in [0.5, 0.6) is 0 Å². The molecule has 0 bridgehead atoms. The van der Waals surface area contributed by atoms with Crippen molar-refractivity contribution in [3.63, 3.8) is 0 Å². The topological polar surface area (TPSA) is 54.9 Å². The van der Waals surface area contributed by atoms with Gasteiger partial charge >= 0.3 is 0 Å². The van der Waals surface area contributed by atoms with Crippen LogP contribution in [-0.4, -0.2) is 27.4 Å². The maximum Gasteiger partial charge on any atom is 0.235 e. The van der Waals surface area contributed by atoms with Crippen LogP contribution in [0, 0.1) is 6.92 Å². The van der Waals surface area contributed by atoms with Crippen molar-refractivity contribution in [2.45, 2.75) is 13.3 Å². The summed E-state index contributed by atoms with van der Waals surface area (Å²) < 4.78 is 0. The van der Waals surface area contributed by atoms with E-state index in [1.165, 1.54) is 5.56 Å². The molecule has 20 heavy (non-hydrogen) atoms. The Hall–Kier alpha value is -1.88. The summed E-state index contributed by atoms with van der Waals surface area (Å²) in [6.45, 7) is 1.90. The van der Waals surface area contributed by atoms with E-state index in [0.29, 0.717) is 11.6 Å². The van der Waals surface area contributed by atoms with E-state index in [4.69, 9.17) is 0 Å². The first kappa shape index (κ1) is 14.5. The third-order valence-electron chi connectivity index (χ3n) is 2.67. The Bertz CT molecular complexity index is 560. The van der Waals surface area contributed by atoms with Gasteiger partial charge in [0.1, 0.15) is 5.82 Å². The molecule has 0 radical (unpaired) electrons. The summed E-state index contributed by atoms with van der Waals surface area (Å²) in [5, 5.41) is 2.80. The fourth-order valence-electron chi connectivity index (χ4n) is 1.70. The number of thioether (sulfide) groups is 1. The second-order valence-electron chi connectivity index (χ2n) is 4.37. The lowest BCUT2D eigenvalue weighted by atomic mass is 10.2. The minimum absolute atomic E-state index is 0.0113. The third kappa shape index (κ3) is 5.01. The van der Waals surface area contributed by atoms with Crippen LogP contribution in [0.3, 0.4) is 0 Å². The molecule has 0 fully saturated rings. The van der Waals surface area contributed by atoms with Crippen molar-refractivity contribution < 1.29 is 4.79 Å². The molecule has 2 rings (SSSR count). The lowest BCUT2D eigenvalue weighted by Gasteiger charge is -2.05. The highest BCUT2D eigenvalue weighted by molar-refractivity contribution is 7.99. The summed E-state index contributed by atoms with van der Waals surface area (Å²) in [7, 11) is 0. The molecule has 2 aromatic rings. The number of amides is 1. The van der Waals surface area contributed by atoms with Gasteiger partial charge in [0, 0.05) is 18.1 Å². The van der Waals surface area contributed by atoms with E-state index in [1.54, 1.807) is 30.2 Å². The number of pyridine rings is 2. The van der Waals surface area contributed by atoms with Gasteiger partial charge in [-0.3, -0.25) is 9.78 Å². The highest BCUT2D eigenvalue weighted by Gasteiger charge is 2.03. The van der Waals surface area contributed by atoms with Gasteiger partial charge in [0.2, 0.25) is 5.91 Å². The molecule has 1 amide bonds. The van der Waals surface area contributed by atoms with E-state index in [1.807, 2.05) is 31.2 Å². The highest BCUT2D eigenvalue weighted by Crippen LogP contribution is 2.08. The average Bonchev–Trinajstić information content (AvgIpc) is 2.45. The summed E-state index contributed by atoms with van der Waals surface area (Å²) in [6, 6.07) is 9.58. The lowest BCUT2D eigenvalue weighted by Crippen LogP contribution is -2.15. The summed E-state index contributed by atoms with van der Waals surface area (Å²) >= 11 is 1.62. The Balaban J connectivity index is 1.68. The molecule has 0 saturated carbocycles. The van der Waals surface area contributed by atoms with E-state index < -0.39 is 0 Å². The van der Waals surface area contributed by atoms with Gasteiger partial charge < -0.3 is 5.32 Å². The van der Waals surface area contributed by atoms with Crippen LogP contribution in [0.25, 0.3) is 0 Å². The second-order valence-corrected chi connectivity index (χ2v) is 5.48. The molecular formula is C15H17N3OS. The van der Waals surface area contributed by atoms with Crippen molar-refractivity contribution in [2.75, 3.05) is 16.8 Å². The molecule has 2 aromatic heterocycles. The number of carbonyl (C=O) groups excluding carboxylic acids is 1. The fourth-order valence-corrected chi connectivity index (χ4v) is 2.48. The average molecular weight is 287 g/mol. The predicted octanol–water partition coefficient (Wildman–Crippen LogP) is 2.70. The Morgan fingerprint density at radius 2 is 2.05 bits per heavy atom. The monoisotopic (exact) mass is 287 g/mol. The number of carbonyl (C=O) groups is 1. The molecule has 0 aliphatic rings. The Kier molecular flexibility index (Phi) is 5.55. The van der Waals surface area contributed by atoms with Crippen LogP contribution in [0.4, 0.5) is 5.82 Å². The van der Waals surface area contributed by atoms with Crippen LogP contribution < -0.4 is 5.32 Å². The molecule has 0 aliphatic carbocycles. The minimum Gasteiger partial charge on any atom is -0.310 e. The van der Waals surface area contributed by atoms with Crippen LogP contribution in [0.15, 0.2) is 42.7 Å². The molecule has 0 aromatic carbocycles. The summed E-state index contributed by atoms with van der Waals surface area (Å²) in [6.07, 6.45) is 4.52. The Morgan fingerprint density at radius 3 is 2.80 bits per heavy atom. The van der Waals surface area contributed by atoms with Crippen LogP contribution >= 0.6 is 11.8 Å². The molecule has 0 aliphatic heterocycles. The van der Waals surface area contributed by atoms with Crippen molar-refractivity contribution in [3.05, 3.63) is 54.0 Å². The van der Waals surface area contributed by atoms with Crippen molar-refractivity contribution in [2.24, 2.45) is 0 Å². The Morgan fingerprint density at radius 1 is 1.25 bits per heavy atom. The van der Waals surface area contributed by atoms with Crippen molar-refractivity contribution >= 4 is 23.5 Å². The first-order valence-corrected chi connectivity index (χ1v) is 7.59. The number of hydrogen-bond acceptors (Lipinski definition) is 4. The van der Waals surface area contributed by atoms with Gasteiger partial charge in [0.25, 0.3) is 0 Å². The van der Waals surface area contributed by atoms with Gasteiger partial charge in [-0.15, -0.1) is 0 Å². The number of nitrogens with zero attached hydrogens (tertiary/aromatic N) is 2. The minimum atomic E-state index is -0.0113. The first-order chi connectivity index (χ1) is 9.74. The number of nitrogens with one attached hydrogen (secondary N) is 1. The third-order valence-corrected chi connectivity index (χ3v) is 3.63. The van der Waals surface area contributed by atoms with Crippen LogP contribution in [0.1, 0.15) is 11.3 Å². The maximum absolute atomic E-state index is 11.8. The number of aromatic nitrogens is 2. The SMILES string of the molecule is Cc1cccc(NC(=O)CSCCc2ccncc2)n1. The predicted molar refractivity (Wildman–Crippen MR) is 82.9 cm³/mol. The molecule has 0 atom stereocenters. The maximum atomic E-state index is 11.8. The fraction of sp³-hybridized carbons (Fsp3) is 0.267. The zero-order valence-corrected chi connectivity index (χ0v) is 12.2. The number of hydrogen-bond donors (Lipinski definition) is 1. The molecule has 0 spiro atoms. The molecule has 5 heteroatoms. The van der Waals surface area contributed by atoms with E-state index in [9.17, 15) is 4.79 Å². The normalized spacial score (nSPS) is 10.2. The molecule has 1 N–H and O–H groups in total. The molecule has 104 valence electrons. The molecular weight excluding hydrogens is 270 g/mol. The standard InChI is InChI=1S/C15H17N3OS/c1-12-3-2-4-14(17-12)18-15(19)11-20-10-7-13-5-8-16-9-6-13/h2-6,8-9H,7,10-11H2,1H3,(H,17,18,19). The van der Waals surface area contributed by atoms with E-state index >= 15 is 0 Å². The number of anilines is 1. The van der Waals surface area contributed by atoms with Gasteiger partial charge in [0.05, 0.1) is 5.75 Å². The van der Waals surface area contributed by atoms with Gasteiger partial charge in [-0.2, -0.15) is 11.8 Å².